The lowest BCUT2D eigenvalue weighted by Crippen LogP contribution is -2.50. The van der Waals surface area contributed by atoms with Crippen molar-refractivity contribution in [2.75, 3.05) is 5.32 Å². The number of nitrogens with zero attached hydrogens (tertiary/aromatic N) is 2. The van der Waals surface area contributed by atoms with Gasteiger partial charge in [0, 0.05) is 11.9 Å². The molecule has 1 aromatic heterocycles. The molecule has 0 saturated heterocycles. The normalized spacial score (nSPS) is 17.0. The molecule has 150 valence electrons. The fraction of sp³-hybridized carbons (Fsp3) is 0.200. The van der Waals surface area contributed by atoms with Crippen molar-refractivity contribution in [2.45, 2.75) is 30.8 Å². The number of hydrogen-bond acceptors (Lipinski definition) is 5. The molecule has 0 bridgehead atoms. The van der Waals surface area contributed by atoms with Gasteiger partial charge in [0.25, 0.3) is 0 Å². The molecule has 0 radical (unpaired) electrons. The highest BCUT2D eigenvalue weighted by atomic mass is 32.2. The number of aryl methyl sites for hydroxylation is 1. The fourth-order valence-corrected chi connectivity index (χ4v) is 5.68. The number of rotatable bonds is 4. The van der Waals surface area contributed by atoms with E-state index < -0.39 is 32.7 Å². The lowest BCUT2D eigenvalue weighted by molar-refractivity contribution is -0.120. The van der Waals surface area contributed by atoms with Gasteiger partial charge in [-0.3, -0.25) is 4.79 Å². The Kier molecular flexibility index (Phi) is 5.20. The number of thiazole rings is 1. The van der Waals surface area contributed by atoms with Gasteiger partial charge in [-0.1, -0.05) is 36.4 Å². The molecular weight excluding hydrogens is 413 g/mol. The van der Waals surface area contributed by atoms with Crippen LogP contribution in [0.2, 0.25) is 0 Å². The molecule has 0 saturated carbocycles. The molecule has 2 aromatic carbocycles. The number of anilines is 1. The summed E-state index contributed by atoms with van der Waals surface area (Å²) in [4.78, 5) is 16.8. The van der Waals surface area contributed by atoms with Crippen LogP contribution in [0.15, 0.2) is 58.8 Å². The van der Waals surface area contributed by atoms with E-state index in [4.69, 9.17) is 0 Å². The van der Waals surface area contributed by atoms with Gasteiger partial charge < -0.3 is 5.32 Å². The highest BCUT2D eigenvalue weighted by Crippen LogP contribution is 2.31. The quantitative estimate of drug-likeness (QED) is 0.687. The van der Waals surface area contributed by atoms with Crippen molar-refractivity contribution >= 4 is 32.4 Å². The SMILES string of the molecule is Cc1csc(NC(=O)C2Cc3ccccc3CN2S(=O)(=O)c2ccccc2F)n1. The molecule has 1 amide bonds. The summed E-state index contributed by atoms with van der Waals surface area (Å²) in [6.07, 6.45) is 0.194. The van der Waals surface area contributed by atoms with Gasteiger partial charge in [-0.15, -0.1) is 11.3 Å². The Morgan fingerprint density at radius 2 is 1.86 bits per heavy atom. The summed E-state index contributed by atoms with van der Waals surface area (Å²) in [6.45, 7) is 1.79. The summed E-state index contributed by atoms with van der Waals surface area (Å²) in [5.74, 6) is -1.34. The van der Waals surface area contributed by atoms with Crippen LogP contribution in [0, 0.1) is 12.7 Å². The zero-order valence-electron chi connectivity index (χ0n) is 15.5. The summed E-state index contributed by atoms with van der Waals surface area (Å²) in [6, 6.07) is 11.5. The van der Waals surface area contributed by atoms with E-state index in [1.165, 1.54) is 29.5 Å². The van der Waals surface area contributed by atoms with Gasteiger partial charge in [0.15, 0.2) is 5.13 Å². The van der Waals surface area contributed by atoms with Gasteiger partial charge in [0.2, 0.25) is 15.9 Å². The second kappa shape index (κ2) is 7.66. The number of fused-ring (bicyclic) bond motifs is 1. The Morgan fingerprint density at radius 3 is 2.55 bits per heavy atom. The number of aromatic nitrogens is 1. The number of sulfonamides is 1. The molecule has 2 heterocycles. The van der Waals surface area contributed by atoms with Crippen LogP contribution >= 0.6 is 11.3 Å². The Labute approximate surface area is 172 Å². The number of nitrogens with one attached hydrogen (secondary N) is 1. The van der Waals surface area contributed by atoms with Crippen LogP contribution in [-0.2, 0) is 27.8 Å². The topological polar surface area (TPSA) is 79.4 Å². The van der Waals surface area contributed by atoms with Crippen molar-refractivity contribution in [3.8, 4) is 0 Å². The Morgan fingerprint density at radius 1 is 1.17 bits per heavy atom. The number of carbonyl (C=O) groups excluding carboxylic acids is 1. The fourth-order valence-electron chi connectivity index (χ4n) is 3.36. The van der Waals surface area contributed by atoms with Gasteiger partial charge in [-0.2, -0.15) is 4.31 Å². The molecule has 9 heteroatoms. The molecule has 0 aliphatic carbocycles. The largest absolute Gasteiger partial charge is 0.301 e. The second-order valence-electron chi connectivity index (χ2n) is 6.75. The summed E-state index contributed by atoms with van der Waals surface area (Å²) in [5.41, 5.74) is 2.44. The second-order valence-corrected chi connectivity index (χ2v) is 9.47. The van der Waals surface area contributed by atoms with E-state index in [9.17, 15) is 17.6 Å². The van der Waals surface area contributed by atoms with Crippen molar-refractivity contribution in [3.63, 3.8) is 0 Å². The molecule has 1 atom stereocenters. The number of benzene rings is 2. The first-order valence-corrected chi connectivity index (χ1v) is 11.2. The summed E-state index contributed by atoms with van der Waals surface area (Å²) in [5, 5.41) is 4.89. The maximum Gasteiger partial charge on any atom is 0.247 e. The molecule has 6 nitrogen and oxygen atoms in total. The molecular formula is C20H18FN3O3S2. The van der Waals surface area contributed by atoms with E-state index in [2.05, 4.69) is 10.3 Å². The van der Waals surface area contributed by atoms with E-state index in [0.29, 0.717) is 5.13 Å². The minimum absolute atomic E-state index is 0.0121. The average molecular weight is 432 g/mol. The number of halogens is 1. The van der Waals surface area contributed by atoms with Crippen LogP contribution in [0.1, 0.15) is 16.8 Å². The molecule has 1 aliphatic heterocycles. The van der Waals surface area contributed by atoms with Crippen molar-refractivity contribution in [1.29, 1.82) is 0 Å². The van der Waals surface area contributed by atoms with Crippen LogP contribution in [0.3, 0.4) is 0 Å². The van der Waals surface area contributed by atoms with Gasteiger partial charge in [0.1, 0.15) is 16.8 Å². The van der Waals surface area contributed by atoms with Gasteiger partial charge in [0.05, 0.1) is 5.69 Å². The monoisotopic (exact) mass is 431 g/mol. The van der Waals surface area contributed by atoms with Crippen molar-refractivity contribution in [3.05, 3.63) is 76.5 Å². The third-order valence-electron chi connectivity index (χ3n) is 4.78. The van der Waals surface area contributed by atoms with E-state index in [1.807, 2.05) is 24.3 Å². The molecule has 0 spiro atoms. The zero-order valence-corrected chi connectivity index (χ0v) is 17.1. The minimum Gasteiger partial charge on any atom is -0.301 e. The first kappa shape index (κ1) is 19.7. The number of amides is 1. The lowest BCUT2D eigenvalue weighted by Gasteiger charge is -2.34. The van der Waals surface area contributed by atoms with Crippen molar-refractivity contribution in [1.82, 2.24) is 9.29 Å². The highest BCUT2D eigenvalue weighted by molar-refractivity contribution is 7.89. The molecule has 4 rings (SSSR count). The molecule has 3 aromatic rings. The van der Waals surface area contributed by atoms with Crippen LogP contribution < -0.4 is 5.32 Å². The molecule has 1 aliphatic rings. The molecule has 0 fully saturated rings. The van der Waals surface area contributed by atoms with Crippen molar-refractivity contribution in [2.24, 2.45) is 0 Å². The van der Waals surface area contributed by atoms with Gasteiger partial charge >= 0.3 is 0 Å². The van der Waals surface area contributed by atoms with Crippen LogP contribution in [0.25, 0.3) is 0 Å². The van der Waals surface area contributed by atoms with Crippen LogP contribution in [-0.4, -0.2) is 29.7 Å². The molecule has 1 N–H and O–H groups in total. The standard InChI is InChI=1S/C20H18FN3O3S2/c1-13-12-28-20(22-13)23-19(25)17-10-14-6-2-3-7-15(14)11-24(17)29(26,27)18-9-5-4-8-16(18)21/h2-9,12,17H,10-11H2,1H3,(H,22,23,25). The maximum atomic E-state index is 14.3. The predicted octanol–water partition coefficient (Wildman–Crippen LogP) is 3.34. The molecule has 29 heavy (non-hydrogen) atoms. The van der Waals surface area contributed by atoms with E-state index in [1.54, 1.807) is 12.3 Å². The summed E-state index contributed by atoms with van der Waals surface area (Å²) >= 11 is 1.26. The van der Waals surface area contributed by atoms with E-state index in [-0.39, 0.29) is 13.0 Å². The Hall–Kier alpha value is -2.62. The van der Waals surface area contributed by atoms with Gasteiger partial charge in [-0.25, -0.2) is 17.8 Å². The Bertz CT molecular complexity index is 1180. The summed E-state index contributed by atoms with van der Waals surface area (Å²) in [7, 11) is -4.24. The first-order valence-electron chi connectivity index (χ1n) is 8.92. The number of hydrogen-bond donors (Lipinski definition) is 1. The average Bonchev–Trinajstić information content (AvgIpc) is 3.11. The third-order valence-corrected chi connectivity index (χ3v) is 7.54. The minimum atomic E-state index is -4.24. The van der Waals surface area contributed by atoms with E-state index in [0.717, 1.165) is 27.2 Å². The van der Waals surface area contributed by atoms with Gasteiger partial charge in [-0.05, 0) is 36.6 Å². The van der Waals surface area contributed by atoms with E-state index >= 15 is 0 Å². The maximum absolute atomic E-state index is 14.3. The Balaban J connectivity index is 1.74. The van der Waals surface area contributed by atoms with Crippen LogP contribution in [0.5, 0.6) is 0 Å². The summed E-state index contributed by atoms with van der Waals surface area (Å²) < 4.78 is 41.9. The number of carbonyl (C=O) groups is 1. The first-order chi connectivity index (χ1) is 13.9. The smallest absolute Gasteiger partial charge is 0.247 e. The highest BCUT2D eigenvalue weighted by Gasteiger charge is 2.40. The predicted molar refractivity (Wildman–Crippen MR) is 109 cm³/mol. The third kappa shape index (κ3) is 3.81. The molecule has 1 unspecified atom stereocenters. The zero-order chi connectivity index (χ0) is 20.6. The van der Waals surface area contributed by atoms with Crippen LogP contribution in [0.4, 0.5) is 9.52 Å². The van der Waals surface area contributed by atoms with Crippen molar-refractivity contribution < 1.29 is 17.6 Å². The lowest BCUT2D eigenvalue weighted by atomic mass is 9.95.